The zero-order chi connectivity index (χ0) is 16.2. The second-order valence-corrected chi connectivity index (χ2v) is 5.59. The van der Waals surface area contributed by atoms with Gasteiger partial charge in [-0.05, 0) is 46.3 Å². The Labute approximate surface area is 139 Å². The minimum absolute atomic E-state index is 0.128. The Balaban J connectivity index is 1.60. The van der Waals surface area contributed by atoms with E-state index >= 15 is 0 Å². The van der Waals surface area contributed by atoms with Crippen LogP contribution in [0, 0.1) is 0 Å². The first-order valence-electron chi connectivity index (χ1n) is 6.76. The zero-order valence-corrected chi connectivity index (χ0v) is 13.4. The maximum Gasteiger partial charge on any atom is 0.251 e. The molecule has 0 bridgehead atoms. The standard InChI is InChI=1S/C15H12BrN5O2/c16-10-3-1-2-4-11(10)18-14(22)8-17-15(23)9-5-6-12-13(7-9)20-21-19-12/h1-7H,8H2,(H,17,23)(H,18,22)(H,19,20,21). The molecule has 7 nitrogen and oxygen atoms in total. The molecule has 3 N–H and O–H groups in total. The molecule has 116 valence electrons. The maximum absolute atomic E-state index is 12.1. The SMILES string of the molecule is O=C(CNC(=O)c1ccc2n[nH]nc2c1)Nc1ccccc1Br. The fraction of sp³-hybridized carbons (Fsp3) is 0.0667. The number of aromatic amines is 1. The Morgan fingerprint density at radius 3 is 2.70 bits per heavy atom. The van der Waals surface area contributed by atoms with Gasteiger partial charge in [0.25, 0.3) is 5.91 Å². The number of benzene rings is 2. The average molecular weight is 374 g/mol. The minimum Gasteiger partial charge on any atom is -0.343 e. The number of rotatable bonds is 4. The smallest absolute Gasteiger partial charge is 0.251 e. The highest BCUT2D eigenvalue weighted by Gasteiger charge is 2.10. The van der Waals surface area contributed by atoms with E-state index in [9.17, 15) is 9.59 Å². The molecule has 0 spiro atoms. The van der Waals surface area contributed by atoms with Gasteiger partial charge in [0.1, 0.15) is 11.0 Å². The van der Waals surface area contributed by atoms with Gasteiger partial charge in [-0.15, -0.1) is 0 Å². The first-order valence-corrected chi connectivity index (χ1v) is 7.56. The quantitative estimate of drug-likeness (QED) is 0.651. The van der Waals surface area contributed by atoms with Gasteiger partial charge in [-0.2, -0.15) is 15.4 Å². The van der Waals surface area contributed by atoms with Crippen molar-refractivity contribution < 1.29 is 9.59 Å². The molecule has 0 aliphatic rings. The summed E-state index contributed by atoms with van der Waals surface area (Å²) in [6.07, 6.45) is 0. The van der Waals surface area contributed by atoms with Crippen LogP contribution >= 0.6 is 15.9 Å². The highest BCUT2D eigenvalue weighted by molar-refractivity contribution is 9.10. The number of hydrogen-bond acceptors (Lipinski definition) is 4. The molecule has 2 amide bonds. The van der Waals surface area contributed by atoms with Crippen LogP contribution in [0.15, 0.2) is 46.9 Å². The number of nitrogens with one attached hydrogen (secondary N) is 3. The lowest BCUT2D eigenvalue weighted by molar-refractivity contribution is -0.115. The molecule has 8 heteroatoms. The lowest BCUT2D eigenvalue weighted by Gasteiger charge is -2.08. The number of carbonyl (C=O) groups excluding carboxylic acids is 2. The summed E-state index contributed by atoms with van der Waals surface area (Å²) in [5.41, 5.74) is 2.33. The number of nitrogens with zero attached hydrogens (tertiary/aromatic N) is 2. The number of carbonyl (C=O) groups is 2. The van der Waals surface area contributed by atoms with E-state index in [4.69, 9.17) is 0 Å². The molecule has 3 rings (SSSR count). The maximum atomic E-state index is 12.1. The minimum atomic E-state index is -0.350. The van der Waals surface area contributed by atoms with Crippen molar-refractivity contribution in [1.82, 2.24) is 20.7 Å². The highest BCUT2D eigenvalue weighted by Crippen LogP contribution is 2.20. The van der Waals surface area contributed by atoms with Gasteiger partial charge in [-0.25, -0.2) is 0 Å². The number of H-pyrrole nitrogens is 1. The van der Waals surface area contributed by atoms with Gasteiger partial charge in [0, 0.05) is 10.0 Å². The van der Waals surface area contributed by atoms with Gasteiger partial charge in [-0.3, -0.25) is 9.59 Å². The Morgan fingerprint density at radius 2 is 1.87 bits per heavy atom. The topological polar surface area (TPSA) is 99.8 Å². The van der Waals surface area contributed by atoms with E-state index < -0.39 is 0 Å². The first-order chi connectivity index (χ1) is 11.1. The number of para-hydroxylation sites is 1. The number of hydrogen-bond donors (Lipinski definition) is 3. The van der Waals surface area contributed by atoms with E-state index in [-0.39, 0.29) is 18.4 Å². The van der Waals surface area contributed by atoms with Crippen molar-refractivity contribution in [3.8, 4) is 0 Å². The third kappa shape index (κ3) is 3.54. The van der Waals surface area contributed by atoms with E-state index in [1.165, 1.54) is 0 Å². The molecule has 0 radical (unpaired) electrons. The van der Waals surface area contributed by atoms with Crippen molar-refractivity contribution >= 4 is 44.5 Å². The molecule has 1 heterocycles. The van der Waals surface area contributed by atoms with Crippen molar-refractivity contribution in [2.24, 2.45) is 0 Å². The Kier molecular flexibility index (Phi) is 4.33. The van der Waals surface area contributed by atoms with Crippen LogP contribution < -0.4 is 10.6 Å². The van der Waals surface area contributed by atoms with E-state index in [2.05, 4.69) is 42.0 Å². The fourth-order valence-corrected chi connectivity index (χ4v) is 2.39. The molecule has 0 saturated carbocycles. The van der Waals surface area contributed by atoms with Crippen molar-refractivity contribution in [2.75, 3.05) is 11.9 Å². The Bertz CT molecular complexity index is 877. The molecule has 0 fully saturated rings. The summed E-state index contributed by atoms with van der Waals surface area (Å²) in [5, 5.41) is 15.6. The monoisotopic (exact) mass is 373 g/mol. The predicted octanol–water partition coefficient (Wildman–Crippen LogP) is 2.09. The van der Waals surface area contributed by atoms with E-state index in [1.54, 1.807) is 24.3 Å². The zero-order valence-electron chi connectivity index (χ0n) is 11.8. The summed E-state index contributed by atoms with van der Waals surface area (Å²) in [7, 11) is 0. The van der Waals surface area contributed by atoms with E-state index in [1.807, 2.05) is 18.2 Å². The second kappa shape index (κ2) is 6.57. The molecule has 1 aromatic heterocycles. The van der Waals surface area contributed by atoms with E-state index in [0.717, 1.165) is 4.47 Å². The molecule has 3 aromatic rings. The fourth-order valence-electron chi connectivity index (χ4n) is 2.00. The number of aromatic nitrogens is 3. The van der Waals surface area contributed by atoms with Crippen LogP contribution in [0.25, 0.3) is 11.0 Å². The largest absolute Gasteiger partial charge is 0.343 e. The van der Waals surface area contributed by atoms with Gasteiger partial charge in [0.05, 0.1) is 12.2 Å². The predicted molar refractivity (Wildman–Crippen MR) is 89.0 cm³/mol. The molecule has 0 unspecified atom stereocenters. The van der Waals surface area contributed by atoms with Gasteiger partial charge < -0.3 is 10.6 Å². The summed E-state index contributed by atoms with van der Waals surface area (Å²) in [6.45, 7) is -0.128. The third-order valence-corrected chi connectivity index (χ3v) is 3.83. The van der Waals surface area contributed by atoms with Crippen molar-refractivity contribution in [3.05, 3.63) is 52.5 Å². The second-order valence-electron chi connectivity index (χ2n) is 4.74. The van der Waals surface area contributed by atoms with Gasteiger partial charge in [0.2, 0.25) is 5.91 Å². The number of fused-ring (bicyclic) bond motifs is 1. The van der Waals surface area contributed by atoms with Crippen molar-refractivity contribution in [3.63, 3.8) is 0 Å². The lowest BCUT2D eigenvalue weighted by Crippen LogP contribution is -2.32. The molecular formula is C15H12BrN5O2. The lowest BCUT2D eigenvalue weighted by atomic mass is 10.2. The van der Waals surface area contributed by atoms with Gasteiger partial charge in [-0.1, -0.05) is 12.1 Å². The van der Waals surface area contributed by atoms with Crippen LogP contribution in [0.2, 0.25) is 0 Å². The summed E-state index contributed by atoms with van der Waals surface area (Å²) in [4.78, 5) is 24.0. The summed E-state index contributed by atoms with van der Waals surface area (Å²) < 4.78 is 0.774. The van der Waals surface area contributed by atoms with Crippen LogP contribution in [0.1, 0.15) is 10.4 Å². The van der Waals surface area contributed by atoms with Crippen LogP contribution in [-0.2, 0) is 4.79 Å². The molecule has 23 heavy (non-hydrogen) atoms. The Morgan fingerprint density at radius 1 is 1.09 bits per heavy atom. The Hall–Kier alpha value is -2.74. The molecule has 0 aliphatic carbocycles. The first kappa shape index (κ1) is 15.2. The normalized spacial score (nSPS) is 10.5. The van der Waals surface area contributed by atoms with Crippen LogP contribution in [0.5, 0.6) is 0 Å². The molecule has 0 aliphatic heterocycles. The highest BCUT2D eigenvalue weighted by atomic mass is 79.9. The third-order valence-electron chi connectivity index (χ3n) is 3.14. The molecule has 0 atom stereocenters. The average Bonchev–Trinajstić information content (AvgIpc) is 3.02. The molecular weight excluding hydrogens is 362 g/mol. The van der Waals surface area contributed by atoms with E-state index in [0.29, 0.717) is 22.3 Å². The number of anilines is 1. The number of amides is 2. The van der Waals surface area contributed by atoms with Crippen molar-refractivity contribution in [1.29, 1.82) is 0 Å². The molecule has 2 aromatic carbocycles. The number of halogens is 1. The van der Waals surface area contributed by atoms with Crippen LogP contribution in [0.3, 0.4) is 0 Å². The van der Waals surface area contributed by atoms with Crippen LogP contribution in [0.4, 0.5) is 5.69 Å². The molecule has 0 saturated heterocycles. The van der Waals surface area contributed by atoms with Crippen molar-refractivity contribution in [2.45, 2.75) is 0 Å². The summed E-state index contributed by atoms with van der Waals surface area (Å²) in [6, 6.07) is 12.2. The van der Waals surface area contributed by atoms with Gasteiger partial charge >= 0.3 is 0 Å². The van der Waals surface area contributed by atoms with Crippen LogP contribution in [-0.4, -0.2) is 33.8 Å². The summed E-state index contributed by atoms with van der Waals surface area (Å²) >= 11 is 3.34. The summed E-state index contributed by atoms with van der Waals surface area (Å²) in [5.74, 6) is -0.662. The van der Waals surface area contributed by atoms with Gasteiger partial charge in [0.15, 0.2) is 0 Å².